The van der Waals surface area contributed by atoms with Crippen molar-refractivity contribution in [3.8, 4) is 28.7 Å². The average molecular weight is 381 g/mol. The van der Waals surface area contributed by atoms with Gasteiger partial charge in [0.1, 0.15) is 30.2 Å². The van der Waals surface area contributed by atoms with E-state index in [9.17, 15) is 4.79 Å². The molecule has 0 N–H and O–H groups in total. The molecule has 0 amide bonds. The van der Waals surface area contributed by atoms with Gasteiger partial charge in [-0.1, -0.05) is 6.07 Å². The summed E-state index contributed by atoms with van der Waals surface area (Å²) in [5, 5.41) is 4.31. The number of carbonyl (C=O) groups excluding carboxylic acids is 1. The number of carbonyl (C=O) groups is 1. The third kappa shape index (κ3) is 3.37. The summed E-state index contributed by atoms with van der Waals surface area (Å²) in [6.07, 6.45) is 4.52. The van der Waals surface area contributed by atoms with E-state index >= 15 is 0 Å². The highest BCUT2D eigenvalue weighted by molar-refractivity contribution is 5.71. The number of benzene rings is 1. The fraction of sp³-hybridized carbons (Fsp3) is 0.400. The number of aryl methyl sites for hydroxylation is 1. The van der Waals surface area contributed by atoms with Crippen LogP contribution in [0.5, 0.6) is 5.75 Å². The monoisotopic (exact) mass is 381 g/mol. The molecule has 0 bridgehead atoms. The van der Waals surface area contributed by atoms with Crippen LogP contribution in [0.2, 0.25) is 0 Å². The minimum atomic E-state index is -0.217. The van der Waals surface area contributed by atoms with E-state index in [1.165, 1.54) is 7.11 Å². The molecule has 0 fully saturated rings. The molecule has 0 saturated carbocycles. The lowest BCUT2D eigenvalue weighted by Crippen LogP contribution is -2.06. The van der Waals surface area contributed by atoms with Gasteiger partial charge in [0.05, 0.1) is 19.2 Å². The number of aromatic nitrogens is 5. The van der Waals surface area contributed by atoms with Gasteiger partial charge in [-0.25, -0.2) is 14.6 Å². The Labute approximate surface area is 163 Å². The Morgan fingerprint density at radius 2 is 2.18 bits per heavy atom. The summed E-state index contributed by atoms with van der Waals surface area (Å²) in [5.41, 5.74) is 2.76. The molecule has 0 spiro atoms. The van der Waals surface area contributed by atoms with Crippen molar-refractivity contribution < 1.29 is 14.3 Å². The van der Waals surface area contributed by atoms with E-state index in [1.807, 2.05) is 29.1 Å². The summed E-state index contributed by atoms with van der Waals surface area (Å²) in [4.78, 5) is 20.6. The fourth-order valence-corrected chi connectivity index (χ4v) is 3.35. The zero-order valence-corrected chi connectivity index (χ0v) is 16.3. The van der Waals surface area contributed by atoms with Gasteiger partial charge in [0.2, 0.25) is 0 Å². The minimum Gasteiger partial charge on any atom is -0.491 e. The van der Waals surface area contributed by atoms with Crippen LogP contribution >= 0.6 is 0 Å². The van der Waals surface area contributed by atoms with E-state index in [-0.39, 0.29) is 12.0 Å². The highest BCUT2D eigenvalue weighted by atomic mass is 16.5. The van der Waals surface area contributed by atoms with Gasteiger partial charge < -0.3 is 14.0 Å². The van der Waals surface area contributed by atoms with Crippen LogP contribution in [-0.4, -0.2) is 44.0 Å². The molecule has 0 saturated heterocycles. The van der Waals surface area contributed by atoms with Crippen LogP contribution in [-0.2, 0) is 22.5 Å². The summed E-state index contributed by atoms with van der Waals surface area (Å²) in [7, 11) is 1.40. The van der Waals surface area contributed by atoms with Crippen LogP contribution in [0.25, 0.3) is 22.9 Å². The predicted octanol–water partition coefficient (Wildman–Crippen LogP) is 2.89. The highest BCUT2D eigenvalue weighted by Gasteiger charge is 2.22. The van der Waals surface area contributed by atoms with Crippen molar-refractivity contribution in [3.63, 3.8) is 0 Å². The van der Waals surface area contributed by atoms with Crippen LogP contribution in [0.1, 0.15) is 31.9 Å². The number of fused-ring (bicyclic) bond motifs is 3. The van der Waals surface area contributed by atoms with Crippen LogP contribution in [0, 0.1) is 0 Å². The summed E-state index contributed by atoms with van der Waals surface area (Å²) in [5.74, 6) is 2.17. The Balaban J connectivity index is 1.68. The Bertz CT molecular complexity index is 1010. The second-order valence-corrected chi connectivity index (χ2v) is 7.02. The van der Waals surface area contributed by atoms with Crippen LogP contribution < -0.4 is 4.74 Å². The molecular formula is C20H23N5O3. The summed E-state index contributed by atoms with van der Waals surface area (Å²) >= 11 is 0. The summed E-state index contributed by atoms with van der Waals surface area (Å²) in [6, 6.07) is 6.19. The molecule has 0 unspecified atom stereocenters. The van der Waals surface area contributed by atoms with Crippen LogP contribution in [0.15, 0.2) is 30.7 Å². The van der Waals surface area contributed by atoms with E-state index in [1.54, 1.807) is 6.33 Å². The van der Waals surface area contributed by atoms with Gasteiger partial charge in [-0.3, -0.25) is 4.79 Å². The van der Waals surface area contributed by atoms with Crippen LogP contribution in [0.4, 0.5) is 0 Å². The molecule has 1 aliphatic rings. The Kier molecular flexibility index (Phi) is 4.85. The number of hydrogen-bond donors (Lipinski definition) is 0. The molecule has 0 aliphatic carbocycles. The minimum absolute atomic E-state index is 0.201. The second kappa shape index (κ2) is 7.46. The molecule has 28 heavy (non-hydrogen) atoms. The van der Waals surface area contributed by atoms with E-state index in [4.69, 9.17) is 14.5 Å². The van der Waals surface area contributed by atoms with Gasteiger partial charge in [-0.15, -0.1) is 0 Å². The number of nitrogens with zero attached hydrogens (tertiary/aromatic N) is 5. The number of rotatable bonds is 5. The first-order valence-corrected chi connectivity index (χ1v) is 9.36. The maximum atomic E-state index is 11.4. The highest BCUT2D eigenvalue weighted by Crippen LogP contribution is 2.34. The lowest BCUT2D eigenvalue weighted by atomic mass is 10.1. The zero-order chi connectivity index (χ0) is 19.7. The lowest BCUT2D eigenvalue weighted by Gasteiger charge is -2.09. The van der Waals surface area contributed by atoms with Crippen LogP contribution in [0.3, 0.4) is 0 Å². The number of ether oxygens (including phenoxy) is 2. The molecule has 0 atom stereocenters. The molecule has 0 radical (unpaired) electrons. The quantitative estimate of drug-likeness (QED) is 0.632. The molecule has 2 aromatic heterocycles. The molecule has 8 heteroatoms. The first-order chi connectivity index (χ1) is 13.6. The van der Waals surface area contributed by atoms with E-state index < -0.39 is 0 Å². The first-order valence-electron chi connectivity index (χ1n) is 9.36. The SMILES string of the molecule is COC(=O)CCc1ccc2c(c1)OCCn1cc(-c3ncnn3C(C)C)nc1-2. The summed E-state index contributed by atoms with van der Waals surface area (Å²) in [6.45, 7) is 5.38. The van der Waals surface area contributed by atoms with Gasteiger partial charge in [0.25, 0.3) is 0 Å². The molecule has 146 valence electrons. The number of methoxy groups -OCH3 is 1. The Morgan fingerprint density at radius 3 is 2.96 bits per heavy atom. The van der Waals surface area contributed by atoms with E-state index in [0.29, 0.717) is 26.0 Å². The Morgan fingerprint density at radius 1 is 1.32 bits per heavy atom. The van der Waals surface area contributed by atoms with Gasteiger partial charge in [0.15, 0.2) is 5.82 Å². The Hall–Kier alpha value is -3.16. The second-order valence-electron chi connectivity index (χ2n) is 7.02. The van der Waals surface area contributed by atoms with Crippen molar-refractivity contribution in [1.82, 2.24) is 24.3 Å². The molecule has 3 heterocycles. The van der Waals surface area contributed by atoms with E-state index in [2.05, 4.69) is 28.5 Å². The lowest BCUT2D eigenvalue weighted by molar-refractivity contribution is -0.140. The maximum Gasteiger partial charge on any atom is 0.305 e. The molecule has 4 rings (SSSR count). The number of imidazole rings is 1. The number of hydrogen-bond acceptors (Lipinski definition) is 6. The van der Waals surface area contributed by atoms with Gasteiger partial charge in [-0.05, 0) is 38.0 Å². The molecule has 1 aliphatic heterocycles. The third-order valence-corrected chi connectivity index (χ3v) is 4.79. The van der Waals surface area contributed by atoms with Crippen molar-refractivity contribution in [2.24, 2.45) is 0 Å². The van der Waals surface area contributed by atoms with Gasteiger partial charge in [0, 0.05) is 18.7 Å². The van der Waals surface area contributed by atoms with Crippen molar-refractivity contribution >= 4 is 5.97 Å². The van der Waals surface area contributed by atoms with Gasteiger partial charge in [-0.2, -0.15) is 5.10 Å². The van der Waals surface area contributed by atoms with Crippen molar-refractivity contribution in [2.75, 3.05) is 13.7 Å². The summed E-state index contributed by atoms with van der Waals surface area (Å²) < 4.78 is 14.6. The predicted molar refractivity (Wildman–Crippen MR) is 103 cm³/mol. The van der Waals surface area contributed by atoms with Crippen molar-refractivity contribution in [2.45, 2.75) is 39.3 Å². The molecule has 3 aromatic rings. The smallest absolute Gasteiger partial charge is 0.305 e. The zero-order valence-electron chi connectivity index (χ0n) is 16.3. The topological polar surface area (TPSA) is 84.1 Å². The normalized spacial score (nSPS) is 12.9. The molecule has 1 aromatic carbocycles. The average Bonchev–Trinajstić information content (AvgIpc) is 3.30. The first kappa shape index (κ1) is 18.2. The maximum absolute atomic E-state index is 11.4. The van der Waals surface area contributed by atoms with Gasteiger partial charge >= 0.3 is 5.97 Å². The standard InChI is InChI=1S/C20H23N5O3/c1-13(2)25-20(21-12-22-25)16-11-24-8-9-28-17-10-14(5-7-18(26)27-3)4-6-15(17)19(24)23-16/h4,6,10-13H,5,7-9H2,1-3H3. The van der Waals surface area contributed by atoms with E-state index in [0.717, 1.165) is 34.2 Å². The number of esters is 1. The third-order valence-electron chi connectivity index (χ3n) is 4.79. The molecule has 8 nitrogen and oxygen atoms in total. The fourth-order valence-electron chi connectivity index (χ4n) is 3.35. The van der Waals surface area contributed by atoms with Crippen molar-refractivity contribution in [3.05, 3.63) is 36.3 Å². The van der Waals surface area contributed by atoms with Crippen molar-refractivity contribution in [1.29, 1.82) is 0 Å². The largest absolute Gasteiger partial charge is 0.491 e. The molecular weight excluding hydrogens is 358 g/mol.